The van der Waals surface area contributed by atoms with Gasteiger partial charge in [-0.05, 0) is 6.42 Å². The predicted octanol–water partition coefficient (Wildman–Crippen LogP) is 0.872. The van der Waals surface area contributed by atoms with Crippen LogP contribution in [0.25, 0.3) is 0 Å². The Hall–Kier alpha value is -0.970. The maximum atomic E-state index is 9.61. The van der Waals surface area contributed by atoms with Crippen LogP contribution in [-0.2, 0) is 9.53 Å². The zero-order valence-electron chi connectivity index (χ0n) is 5.39. The fourth-order valence-electron chi connectivity index (χ4n) is 0.497. The standard InChI is InChI=1S/C7H9O2/c1-3-5-7(4-2)9-6-8/h2,7H,3,5H2,1H3. The van der Waals surface area contributed by atoms with Crippen molar-refractivity contribution in [3.05, 3.63) is 0 Å². The Morgan fingerprint density at radius 1 is 1.78 bits per heavy atom. The molecule has 0 aliphatic heterocycles. The molecule has 2 heteroatoms. The smallest absolute Gasteiger partial charge is 0.418 e. The lowest BCUT2D eigenvalue weighted by Crippen LogP contribution is -2.07. The number of hydrogen-bond acceptors (Lipinski definition) is 2. The van der Waals surface area contributed by atoms with Gasteiger partial charge in [0.05, 0.1) is 0 Å². The quantitative estimate of drug-likeness (QED) is 0.521. The molecule has 0 amide bonds. The summed E-state index contributed by atoms with van der Waals surface area (Å²) < 4.78 is 4.39. The molecule has 0 aromatic rings. The zero-order valence-corrected chi connectivity index (χ0v) is 5.39. The van der Waals surface area contributed by atoms with Crippen molar-refractivity contribution in [3.63, 3.8) is 0 Å². The van der Waals surface area contributed by atoms with Gasteiger partial charge in [-0.15, -0.1) is 6.42 Å². The first-order valence-corrected chi connectivity index (χ1v) is 2.84. The van der Waals surface area contributed by atoms with Crippen LogP contribution in [0.3, 0.4) is 0 Å². The van der Waals surface area contributed by atoms with Crippen LogP contribution in [0.5, 0.6) is 0 Å². The van der Waals surface area contributed by atoms with E-state index in [0.717, 1.165) is 6.42 Å². The molecule has 1 atom stereocenters. The average Bonchev–Trinajstić information content (AvgIpc) is 1.88. The van der Waals surface area contributed by atoms with Crippen LogP contribution >= 0.6 is 0 Å². The van der Waals surface area contributed by atoms with Crippen molar-refractivity contribution >= 4 is 6.47 Å². The summed E-state index contributed by atoms with van der Waals surface area (Å²) in [6, 6.07) is 0. The van der Waals surface area contributed by atoms with Gasteiger partial charge in [0, 0.05) is 0 Å². The molecule has 9 heavy (non-hydrogen) atoms. The van der Waals surface area contributed by atoms with Gasteiger partial charge in [-0.1, -0.05) is 19.3 Å². The summed E-state index contributed by atoms with van der Waals surface area (Å²) >= 11 is 0. The second-order valence-corrected chi connectivity index (χ2v) is 1.65. The summed E-state index contributed by atoms with van der Waals surface area (Å²) in [6.45, 7) is 3.28. The van der Waals surface area contributed by atoms with Gasteiger partial charge in [0.1, 0.15) is 0 Å². The van der Waals surface area contributed by atoms with E-state index in [1.165, 1.54) is 6.47 Å². The molecule has 0 fully saturated rings. The van der Waals surface area contributed by atoms with E-state index in [9.17, 15) is 4.79 Å². The fourth-order valence-corrected chi connectivity index (χ4v) is 0.497. The van der Waals surface area contributed by atoms with E-state index < -0.39 is 0 Å². The molecular weight excluding hydrogens is 116 g/mol. The van der Waals surface area contributed by atoms with Crippen LogP contribution in [0.15, 0.2) is 0 Å². The Kier molecular flexibility index (Phi) is 4.61. The molecule has 0 aromatic heterocycles. The normalized spacial score (nSPS) is 11.6. The Bertz CT molecular complexity index is 113. The zero-order chi connectivity index (χ0) is 7.11. The van der Waals surface area contributed by atoms with Crippen LogP contribution in [-0.4, -0.2) is 12.6 Å². The van der Waals surface area contributed by atoms with Crippen molar-refractivity contribution in [1.82, 2.24) is 0 Å². The van der Waals surface area contributed by atoms with E-state index in [-0.39, 0.29) is 6.10 Å². The molecule has 0 bridgehead atoms. The Balaban J connectivity index is 3.44. The van der Waals surface area contributed by atoms with Crippen LogP contribution in [0.1, 0.15) is 19.8 Å². The second kappa shape index (κ2) is 5.17. The molecule has 0 aromatic carbocycles. The minimum absolute atomic E-state index is 0.382. The summed E-state index contributed by atoms with van der Waals surface area (Å²) in [5, 5.41) is 0. The lowest BCUT2D eigenvalue weighted by Gasteiger charge is -2.03. The highest BCUT2D eigenvalue weighted by molar-refractivity contribution is 5.39. The first kappa shape index (κ1) is 8.03. The van der Waals surface area contributed by atoms with E-state index in [1.54, 1.807) is 0 Å². The van der Waals surface area contributed by atoms with Crippen LogP contribution in [0, 0.1) is 12.3 Å². The Morgan fingerprint density at radius 2 is 2.44 bits per heavy atom. The molecule has 0 saturated carbocycles. The highest BCUT2D eigenvalue weighted by Gasteiger charge is 2.01. The van der Waals surface area contributed by atoms with Gasteiger partial charge in [-0.3, -0.25) is 0 Å². The summed E-state index contributed by atoms with van der Waals surface area (Å²) in [4.78, 5) is 9.61. The maximum Gasteiger partial charge on any atom is 0.418 e. The molecule has 49 valence electrons. The summed E-state index contributed by atoms with van der Waals surface area (Å²) in [6.07, 6.45) is 6.24. The van der Waals surface area contributed by atoms with Crippen molar-refractivity contribution in [2.75, 3.05) is 0 Å². The monoisotopic (exact) mass is 125 g/mol. The van der Waals surface area contributed by atoms with Gasteiger partial charge in [-0.25, -0.2) is 4.79 Å². The van der Waals surface area contributed by atoms with Crippen molar-refractivity contribution in [3.8, 4) is 12.3 Å². The molecule has 1 unspecified atom stereocenters. The van der Waals surface area contributed by atoms with Crippen molar-refractivity contribution < 1.29 is 9.53 Å². The van der Waals surface area contributed by atoms with Gasteiger partial charge in [-0.2, -0.15) is 0 Å². The molecular formula is C7H9O2. The molecule has 0 saturated heterocycles. The number of terminal acetylenes is 1. The van der Waals surface area contributed by atoms with Gasteiger partial charge < -0.3 is 4.74 Å². The number of hydrogen-bond donors (Lipinski definition) is 0. The molecule has 0 spiro atoms. The minimum Gasteiger partial charge on any atom is -0.441 e. The van der Waals surface area contributed by atoms with E-state index >= 15 is 0 Å². The molecule has 1 radical (unpaired) electrons. The van der Waals surface area contributed by atoms with Crippen LogP contribution in [0.2, 0.25) is 0 Å². The molecule has 2 nitrogen and oxygen atoms in total. The lowest BCUT2D eigenvalue weighted by molar-refractivity contribution is 0.217. The Morgan fingerprint density at radius 3 is 2.78 bits per heavy atom. The molecule has 0 N–H and O–H groups in total. The van der Waals surface area contributed by atoms with Crippen LogP contribution in [0.4, 0.5) is 0 Å². The van der Waals surface area contributed by atoms with E-state index in [4.69, 9.17) is 6.42 Å². The minimum atomic E-state index is -0.382. The molecule has 0 aliphatic carbocycles. The molecule has 0 heterocycles. The summed E-state index contributed by atoms with van der Waals surface area (Å²) in [5.41, 5.74) is 0. The van der Waals surface area contributed by atoms with Crippen LogP contribution < -0.4 is 0 Å². The third-order valence-electron chi connectivity index (χ3n) is 0.927. The van der Waals surface area contributed by atoms with E-state index in [1.807, 2.05) is 6.92 Å². The highest BCUT2D eigenvalue weighted by atomic mass is 16.5. The summed E-state index contributed by atoms with van der Waals surface area (Å²) in [5.74, 6) is 2.32. The number of carbonyl (C=O) groups excluding carboxylic acids is 1. The van der Waals surface area contributed by atoms with E-state index in [2.05, 4.69) is 10.7 Å². The first-order valence-electron chi connectivity index (χ1n) is 2.84. The lowest BCUT2D eigenvalue weighted by atomic mass is 10.2. The van der Waals surface area contributed by atoms with Crippen molar-refractivity contribution in [2.24, 2.45) is 0 Å². The van der Waals surface area contributed by atoms with Gasteiger partial charge >= 0.3 is 6.47 Å². The van der Waals surface area contributed by atoms with E-state index in [0.29, 0.717) is 6.42 Å². The topological polar surface area (TPSA) is 26.3 Å². The number of rotatable bonds is 4. The van der Waals surface area contributed by atoms with Gasteiger partial charge in [0.25, 0.3) is 0 Å². The SMILES string of the molecule is C#CC(CCC)O[C]=O. The Labute approximate surface area is 55.2 Å². The molecule has 0 rings (SSSR count). The first-order chi connectivity index (χ1) is 4.35. The largest absolute Gasteiger partial charge is 0.441 e. The molecule has 0 aliphatic rings. The number of ether oxygens (including phenoxy) is 1. The fraction of sp³-hybridized carbons (Fsp3) is 0.571. The van der Waals surface area contributed by atoms with Crippen molar-refractivity contribution in [2.45, 2.75) is 25.9 Å². The summed E-state index contributed by atoms with van der Waals surface area (Å²) in [7, 11) is 0. The van der Waals surface area contributed by atoms with Crippen molar-refractivity contribution in [1.29, 1.82) is 0 Å². The maximum absolute atomic E-state index is 9.61. The predicted molar refractivity (Wildman–Crippen MR) is 34.3 cm³/mol. The van der Waals surface area contributed by atoms with Gasteiger partial charge in [0.2, 0.25) is 0 Å². The average molecular weight is 125 g/mol. The second-order valence-electron chi connectivity index (χ2n) is 1.65. The third-order valence-corrected chi connectivity index (χ3v) is 0.927. The highest BCUT2D eigenvalue weighted by Crippen LogP contribution is 1.97. The third kappa shape index (κ3) is 3.60. The van der Waals surface area contributed by atoms with Gasteiger partial charge in [0.15, 0.2) is 6.10 Å².